The van der Waals surface area contributed by atoms with Crippen molar-refractivity contribution in [2.24, 2.45) is 0 Å². The molecule has 4 heteroatoms. The molecule has 0 saturated carbocycles. The van der Waals surface area contributed by atoms with Gasteiger partial charge in [0.25, 0.3) is 5.69 Å². The molecule has 5 aromatic rings. The first-order chi connectivity index (χ1) is 14.6. The zero-order valence-corrected chi connectivity index (χ0v) is 15.9. The van der Waals surface area contributed by atoms with Crippen LogP contribution in [0.4, 0.5) is 5.69 Å². The average Bonchev–Trinajstić information content (AvgIpc) is 2.78. The second kappa shape index (κ2) is 7.01. The van der Waals surface area contributed by atoms with Gasteiger partial charge in [-0.3, -0.25) is 10.1 Å². The summed E-state index contributed by atoms with van der Waals surface area (Å²) in [4.78, 5) is 10.6. The topological polar surface area (TPSA) is 63.4 Å². The van der Waals surface area contributed by atoms with Gasteiger partial charge < -0.3 is 5.11 Å². The van der Waals surface area contributed by atoms with E-state index in [1.165, 1.54) is 12.1 Å². The molecule has 0 atom stereocenters. The molecule has 0 bridgehead atoms. The molecule has 30 heavy (non-hydrogen) atoms. The minimum atomic E-state index is -0.425. The smallest absolute Gasteiger partial charge is 0.269 e. The summed E-state index contributed by atoms with van der Waals surface area (Å²) in [7, 11) is 0. The van der Waals surface area contributed by atoms with E-state index in [1.807, 2.05) is 54.6 Å². The van der Waals surface area contributed by atoms with Crippen molar-refractivity contribution < 1.29 is 10.0 Å². The van der Waals surface area contributed by atoms with Crippen LogP contribution in [0.1, 0.15) is 0 Å². The van der Waals surface area contributed by atoms with Gasteiger partial charge in [-0.2, -0.15) is 0 Å². The van der Waals surface area contributed by atoms with Crippen LogP contribution in [0.15, 0.2) is 97.1 Å². The lowest BCUT2D eigenvalue weighted by Gasteiger charge is -2.16. The molecule has 0 aliphatic rings. The van der Waals surface area contributed by atoms with Crippen LogP contribution >= 0.6 is 0 Å². The first-order valence-electron chi connectivity index (χ1n) is 9.61. The maximum atomic E-state index is 11.4. The Balaban J connectivity index is 1.84. The number of benzene rings is 5. The second-order valence-electron chi connectivity index (χ2n) is 7.20. The van der Waals surface area contributed by atoms with E-state index in [-0.39, 0.29) is 11.4 Å². The van der Waals surface area contributed by atoms with Crippen molar-refractivity contribution in [3.63, 3.8) is 0 Å². The van der Waals surface area contributed by atoms with Gasteiger partial charge in [-0.15, -0.1) is 0 Å². The molecule has 0 saturated heterocycles. The Kier molecular flexibility index (Phi) is 4.18. The fraction of sp³-hybridized carbons (Fsp3) is 0. The van der Waals surface area contributed by atoms with E-state index >= 15 is 0 Å². The molecule has 5 aromatic carbocycles. The lowest BCUT2D eigenvalue weighted by Crippen LogP contribution is -1.90. The highest BCUT2D eigenvalue weighted by Gasteiger charge is 2.18. The summed E-state index contributed by atoms with van der Waals surface area (Å²) in [5.41, 5.74) is 3.11. The van der Waals surface area contributed by atoms with Gasteiger partial charge in [-0.25, -0.2) is 0 Å². The van der Waals surface area contributed by atoms with Gasteiger partial charge in [0, 0.05) is 23.3 Å². The summed E-state index contributed by atoms with van der Waals surface area (Å²) in [6.07, 6.45) is 0. The molecule has 144 valence electrons. The van der Waals surface area contributed by atoms with Crippen molar-refractivity contribution in [1.29, 1.82) is 0 Å². The summed E-state index contributed by atoms with van der Waals surface area (Å²) >= 11 is 0. The maximum Gasteiger partial charge on any atom is 0.269 e. The first-order valence-corrected chi connectivity index (χ1v) is 9.61. The van der Waals surface area contributed by atoms with Gasteiger partial charge in [-0.1, -0.05) is 66.7 Å². The van der Waals surface area contributed by atoms with E-state index < -0.39 is 4.92 Å². The number of phenols is 1. The number of non-ortho nitro benzene ring substituents is 1. The molecule has 0 aliphatic carbocycles. The van der Waals surface area contributed by atoms with Gasteiger partial charge >= 0.3 is 0 Å². The van der Waals surface area contributed by atoms with E-state index in [1.54, 1.807) is 12.1 Å². The molecule has 4 nitrogen and oxygen atoms in total. The van der Waals surface area contributed by atoms with Crippen LogP contribution < -0.4 is 0 Å². The van der Waals surface area contributed by atoms with Crippen LogP contribution in [0, 0.1) is 10.1 Å². The van der Waals surface area contributed by atoms with Gasteiger partial charge in [-0.05, 0) is 50.9 Å². The Morgan fingerprint density at radius 2 is 1.30 bits per heavy atom. The van der Waals surface area contributed by atoms with Crippen molar-refractivity contribution in [3.8, 4) is 28.0 Å². The van der Waals surface area contributed by atoms with Crippen molar-refractivity contribution in [1.82, 2.24) is 0 Å². The predicted octanol–water partition coefficient (Wildman–Crippen LogP) is 6.94. The van der Waals surface area contributed by atoms with E-state index in [4.69, 9.17) is 0 Å². The standard InChI is InChI=1S/C26H17NO3/c28-26-24(18-12-14-20(15-13-18)27(29)30)16-19-7-2-4-10-22(19)25(26)23-11-5-8-17-6-1-3-9-21(17)23/h1-16,28H. The molecule has 0 aliphatic heterocycles. The lowest BCUT2D eigenvalue weighted by atomic mass is 9.89. The van der Waals surface area contributed by atoms with Crippen molar-refractivity contribution >= 4 is 27.2 Å². The number of hydrogen-bond acceptors (Lipinski definition) is 3. The van der Waals surface area contributed by atoms with E-state index in [2.05, 4.69) is 18.2 Å². The predicted molar refractivity (Wildman–Crippen MR) is 121 cm³/mol. The Morgan fingerprint density at radius 1 is 0.667 bits per heavy atom. The summed E-state index contributed by atoms with van der Waals surface area (Å²) in [5, 5.41) is 26.5. The largest absolute Gasteiger partial charge is 0.507 e. The zero-order valence-electron chi connectivity index (χ0n) is 15.9. The monoisotopic (exact) mass is 391 g/mol. The van der Waals surface area contributed by atoms with Crippen molar-refractivity contribution in [2.45, 2.75) is 0 Å². The molecule has 0 aromatic heterocycles. The molecule has 0 amide bonds. The van der Waals surface area contributed by atoms with Gasteiger partial charge in [0.2, 0.25) is 0 Å². The molecule has 0 fully saturated rings. The first kappa shape index (κ1) is 17.9. The number of aromatic hydroxyl groups is 1. The summed E-state index contributed by atoms with van der Waals surface area (Å²) in [6, 6.07) is 30.3. The Morgan fingerprint density at radius 3 is 2.03 bits per heavy atom. The van der Waals surface area contributed by atoms with Crippen LogP contribution in [0.5, 0.6) is 5.75 Å². The van der Waals surface area contributed by atoms with E-state index in [0.717, 1.165) is 38.2 Å². The molecule has 1 N–H and O–H groups in total. The number of phenolic OH excluding ortho intramolecular Hbond substituents is 1. The Labute approximate surface area is 172 Å². The second-order valence-corrected chi connectivity index (χ2v) is 7.20. The van der Waals surface area contributed by atoms with Gasteiger partial charge in [0.1, 0.15) is 5.75 Å². The SMILES string of the molecule is O=[N+]([O-])c1ccc(-c2cc3ccccc3c(-c3cccc4ccccc34)c2O)cc1. The van der Waals surface area contributed by atoms with Gasteiger partial charge in [0.05, 0.1) is 4.92 Å². The van der Waals surface area contributed by atoms with Crippen LogP contribution in [-0.4, -0.2) is 10.0 Å². The minimum absolute atomic E-state index is 0.0216. The third-order valence-electron chi connectivity index (χ3n) is 5.47. The highest BCUT2D eigenvalue weighted by atomic mass is 16.6. The quantitative estimate of drug-likeness (QED) is 0.268. The number of nitro groups is 1. The maximum absolute atomic E-state index is 11.4. The van der Waals surface area contributed by atoms with E-state index in [0.29, 0.717) is 5.56 Å². The van der Waals surface area contributed by atoms with Crippen molar-refractivity contribution in [3.05, 3.63) is 107 Å². The molecule has 0 unspecified atom stereocenters. The van der Waals surface area contributed by atoms with Gasteiger partial charge in [0.15, 0.2) is 0 Å². The van der Waals surface area contributed by atoms with Crippen LogP contribution in [0.3, 0.4) is 0 Å². The highest BCUT2D eigenvalue weighted by Crippen LogP contribution is 2.45. The van der Waals surface area contributed by atoms with E-state index in [9.17, 15) is 15.2 Å². The minimum Gasteiger partial charge on any atom is -0.507 e. The summed E-state index contributed by atoms with van der Waals surface area (Å²) < 4.78 is 0. The van der Waals surface area contributed by atoms with Crippen molar-refractivity contribution in [2.75, 3.05) is 0 Å². The number of nitrogens with zero attached hydrogens (tertiary/aromatic N) is 1. The number of rotatable bonds is 3. The molecule has 0 heterocycles. The highest BCUT2D eigenvalue weighted by molar-refractivity contribution is 6.10. The Hall–Kier alpha value is -4.18. The normalized spacial score (nSPS) is 11.1. The van der Waals surface area contributed by atoms with Crippen LogP contribution in [0.25, 0.3) is 43.8 Å². The summed E-state index contributed by atoms with van der Waals surface area (Å²) in [6.45, 7) is 0. The molecular weight excluding hydrogens is 374 g/mol. The zero-order chi connectivity index (χ0) is 20.7. The summed E-state index contributed by atoms with van der Waals surface area (Å²) in [5.74, 6) is 0.166. The average molecular weight is 391 g/mol. The molecule has 5 rings (SSSR count). The number of nitro benzene ring substituents is 1. The number of fused-ring (bicyclic) bond motifs is 2. The van der Waals surface area contributed by atoms with Crippen LogP contribution in [-0.2, 0) is 0 Å². The third kappa shape index (κ3) is 2.86. The molecule has 0 radical (unpaired) electrons. The van der Waals surface area contributed by atoms with Crippen LogP contribution in [0.2, 0.25) is 0 Å². The lowest BCUT2D eigenvalue weighted by molar-refractivity contribution is -0.384. The molecule has 0 spiro atoms. The molecular formula is C26H17NO3. The fourth-order valence-corrected chi connectivity index (χ4v) is 4.04. The fourth-order valence-electron chi connectivity index (χ4n) is 4.04. The third-order valence-corrected chi connectivity index (χ3v) is 5.47. The number of hydrogen-bond donors (Lipinski definition) is 1. The Bertz CT molecular complexity index is 1420.